The maximum absolute atomic E-state index is 13.8. The molecule has 0 saturated carbocycles. The Morgan fingerprint density at radius 3 is 2.81 bits per heavy atom. The van der Waals surface area contributed by atoms with Crippen molar-refractivity contribution in [3.8, 4) is 5.75 Å². The van der Waals surface area contributed by atoms with Crippen molar-refractivity contribution in [3.05, 3.63) is 74.5 Å². The fourth-order valence-electron chi connectivity index (χ4n) is 2.90. The van der Waals surface area contributed by atoms with E-state index in [0.29, 0.717) is 10.6 Å². The zero-order chi connectivity index (χ0) is 19.2. The minimum Gasteiger partial charge on any atom is -0.489 e. The Kier molecular flexibility index (Phi) is 7.00. The van der Waals surface area contributed by atoms with Crippen molar-refractivity contribution in [2.75, 3.05) is 6.61 Å². The summed E-state index contributed by atoms with van der Waals surface area (Å²) < 4.78 is 19.8. The van der Waals surface area contributed by atoms with Gasteiger partial charge in [0, 0.05) is 21.7 Å². The molecule has 0 amide bonds. The van der Waals surface area contributed by atoms with Crippen molar-refractivity contribution < 1.29 is 14.0 Å². The van der Waals surface area contributed by atoms with Crippen molar-refractivity contribution in [3.63, 3.8) is 0 Å². The van der Waals surface area contributed by atoms with Crippen LogP contribution in [0, 0.1) is 5.82 Å². The molecular formula is C20H17Cl3FNO2. The van der Waals surface area contributed by atoms with Gasteiger partial charge in [0.05, 0.1) is 5.71 Å². The van der Waals surface area contributed by atoms with Gasteiger partial charge in [-0.05, 0) is 43.5 Å². The van der Waals surface area contributed by atoms with Gasteiger partial charge < -0.3 is 9.57 Å². The molecule has 2 aromatic carbocycles. The van der Waals surface area contributed by atoms with E-state index >= 15 is 0 Å². The van der Waals surface area contributed by atoms with E-state index in [0.717, 1.165) is 41.9 Å². The lowest BCUT2D eigenvalue weighted by molar-refractivity contribution is 0.127. The Balaban J connectivity index is 1.73. The minimum absolute atomic E-state index is 0.0387. The Morgan fingerprint density at radius 2 is 2.04 bits per heavy atom. The molecule has 0 heterocycles. The number of oxime groups is 1. The number of halogens is 4. The van der Waals surface area contributed by atoms with E-state index in [4.69, 9.17) is 44.4 Å². The van der Waals surface area contributed by atoms with Crippen LogP contribution in [0.4, 0.5) is 4.39 Å². The Bertz CT molecular complexity index is 880. The Labute approximate surface area is 172 Å². The number of rotatable bonds is 6. The molecule has 7 heteroatoms. The number of nitrogens with zero attached hydrogens (tertiary/aromatic N) is 1. The molecule has 0 radical (unpaired) electrons. The SMILES string of the molecule is Fc1cc(Cl)ccc1CO/N=C1\CCCc2c(OCC=C(Cl)Cl)cccc21. The first-order chi connectivity index (χ1) is 13.0. The van der Waals surface area contributed by atoms with E-state index in [9.17, 15) is 4.39 Å². The molecule has 1 aliphatic carbocycles. The molecular weight excluding hydrogens is 412 g/mol. The van der Waals surface area contributed by atoms with Gasteiger partial charge in [0.2, 0.25) is 0 Å². The zero-order valence-corrected chi connectivity index (χ0v) is 16.6. The first-order valence-corrected chi connectivity index (χ1v) is 9.57. The number of ether oxygens (including phenoxy) is 1. The third-order valence-corrected chi connectivity index (χ3v) is 4.71. The third kappa shape index (κ3) is 5.38. The predicted octanol–water partition coefficient (Wildman–Crippen LogP) is 6.43. The van der Waals surface area contributed by atoms with Crippen LogP contribution in [0.1, 0.15) is 29.5 Å². The second kappa shape index (κ2) is 9.45. The van der Waals surface area contributed by atoms with E-state index in [1.165, 1.54) is 6.07 Å². The molecule has 0 unspecified atom stereocenters. The van der Waals surface area contributed by atoms with Crippen LogP contribution >= 0.6 is 34.8 Å². The zero-order valence-electron chi connectivity index (χ0n) is 14.4. The summed E-state index contributed by atoms with van der Waals surface area (Å²) >= 11 is 17.0. The summed E-state index contributed by atoms with van der Waals surface area (Å²) in [6.07, 6.45) is 4.18. The standard InChI is InChI=1S/C20H17Cl3FNO2/c21-14-8-7-13(17(24)11-14)12-27-25-18-5-1-4-16-15(18)3-2-6-19(16)26-10-9-20(22)23/h2-3,6-9,11H,1,4-5,10,12H2/b25-18+. The van der Waals surface area contributed by atoms with Crippen LogP contribution in [0.2, 0.25) is 5.02 Å². The Hall–Kier alpha value is -1.75. The molecule has 3 nitrogen and oxygen atoms in total. The van der Waals surface area contributed by atoms with E-state index in [-0.39, 0.29) is 17.7 Å². The molecule has 0 atom stereocenters. The highest BCUT2D eigenvalue weighted by Gasteiger charge is 2.19. The van der Waals surface area contributed by atoms with Crippen LogP contribution in [0.15, 0.2) is 52.1 Å². The molecule has 0 spiro atoms. The summed E-state index contributed by atoms with van der Waals surface area (Å²) in [6, 6.07) is 10.3. The number of hydrogen-bond donors (Lipinski definition) is 0. The van der Waals surface area contributed by atoms with Crippen LogP contribution < -0.4 is 4.74 Å². The second-order valence-corrected chi connectivity index (χ2v) is 7.43. The van der Waals surface area contributed by atoms with Gasteiger partial charge in [-0.25, -0.2) is 4.39 Å². The maximum atomic E-state index is 13.8. The van der Waals surface area contributed by atoms with Crippen LogP contribution in [-0.2, 0) is 17.9 Å². The molecule has 0 N–H and O–H groups in total. The molecule has 142 valence electrons. The van der Waals surface area contributed by atoms with Crippen molar-refractivity contribution in [1.82, 2.24) is 0 Å². The van der Waals surface area contributed by atoms with Crippen LogP contribution in [-0.4, -0.2) is 12.3 Å². The van der Waals surface area contributed by atoms with Crippen molar-refractivity contribution in [2.45, 2.75) is 25.9 Å². The molecule has 0 bridgehead atoms. The summed E-state index contributed by atoms with van der Waals surface area (Å²) in [5, 5.41) is 4.59. The molecule has 2 aromatic rings. The van der Waals surface area contributed by atoms with E-state index < -0.39 is 5.82 Å². The van der Waals surface area contributed by atoms with Gasteiger partial charge in [-0.2, -0.15) is 0 Å². The molecule has 3 rings (SSSR count). The highest BCUT2D eigenvalue weighted by atomic mass is 35.5. The summed E-state index contributed by atoms with van der Waals surface area (Å²) in [5.74, 6) is 0.364. The van der Waals surface area contributed by atoms with Gasteiger partial charge in [0.15, 0.2) is 0 Å². The maximum Gasteiger partial charge on any atom is 0.145 e. The monoisotopic (exact) mass is 427 g/mol. The largest absolute Gasteiger partial charge is 0.489 e. The molecule has 0 fully saturated rings. The van der Waals surface area contributed by atoms with Crippen molar-refractivity contribution in [2.24, 2.45) is 5.16 Å². The van der Waals surface area contributed by atoms with Gasteiger partial charge in [-0.3, -0.25) is 0 Å². The molecule has 0 saturated heterocycles. The van der Waals surface area contributed by atoms with Crippen LogP contribution in [0.5, 0.6) is 5.75 Å². The lowest BCUT2D eigenvalue weighted by Crippen LogP contribution is -2.14. The van der Waals surface area contributed by atoms with Crippen LogP contribution in [0.25, 0.3) is 0 Å². The van der Waals surface area contributed by atoms with Gasteiger partial charge in [-0.1, -0.05) is 58.2 Å². The van der Waals surface area contributed by atoms with Crippen molar-refractivity contribution >= 4 is 40.5 Å². The molecule has 1 aliphatic rings. The summed E-state index contributed by atoms with van der Waals surface area (Å²) in [5.41, 5.74) is 3.28. The van der Waals surface area contributed by atoms with Gasteiger partial charge in [0.1, 0.15) is 29.3 Å². The quantitative estimate of drug-likeness (QED) is 0.496. The fraction of sp³-hybridized carbons (Fsp3) is 0.250. The highest BCUT2D eigenvalue weighted by molar-refractivity contribution is 6.55. The summed E-state index contributed by atoms with van der Waals surface area (Å²) in [7, 11) is 0. The van der Waals surface area contributed by atoms with Gasteiger partial charge in [-0.15, -0.1) is 0 Å². The number of hydrogen-bond acceptors (Lipinski definition) is 3. The molecule has 0 aliphatic heterocycles. The molecule has 0 aromatic heterocycles. The molecule has 27 heavy (non-hydrogen) atoms. The predicted molar refractivity (Wildman–Crippen MR) is 107 cm³/mol. The normalized spacial score (nSPS) is 14.6. The average Bonchev–Trinajstić information content (AvgIpc) is 2.63. The summed E-state index contributed by atoms with van der Waals surface area (Å²) in [6.45, 7) is 0.328. The number of benzene rings is 2. The Morgan fingerprint density at radius 1 is 1.19 bits per heavy atom. The van der Waals surface area contributed by atoms with E-state index in [1.54, 1.807) is 18.2 Å². The topological polar surface area (TPSA) is 30.8 Å². The minimum atomic E-state index is -0.409. The third-order valence-electron chi connectivity index (χ3n) is 4.17. The number of fused-ring (bicyclic) bond motifs is 1. The van der Waals surface area contributed by atoms with Crippen LogP contribution in [0.3, 0.4) is 0 Å². The summed E-state index contributed by atoms with van der Waals surface area (Å²) in [4.78, 5) is 5.41. The lowest BCUT2D eigenvalue weighted by atomic mass is 9.89. The van der Waals surface area contributed by atoms with Gasteiger partial charge in [0.25, 0.3) is 0 Å². The first kappa shape index (κ1) is 20.0. The lowest BCUT2D eigenvalue weighted by Gasteiger charge is -2.20. The average molecular weight is 429 g/mol. The van der Waals surface area contributed by atoms with Crippen molar-refractivity contribution in [1.29, 1.82) is 0 Å². The van der Waals surface area contributed by atoms with E-state index in [1.807, 2.05) is 18.2 Å². The highest BCUT2D eigenvalue weighted by Crippen LogP contribution is 2.30. The fourth-order valence-corrected chi connectivity index (χ4v) is 3.19. The smallest absolute Gasteiger partial charge is 0.145 e. The first-order valence-electron chi connectivity index (χ1n) is 8.43. The second-order valence-electron chi connectivity index (χ2n) is 5.99. The van der Waals surface area contributed by atoms with Gasteiger partial charge >= 0.3 is 0 Å². The van der Waals surface area contributed by atoms with E-state index in [2.05, 4.69) is 5.16 Å².